The number of nitrogens with one attached hydrogen (secondary N) is 2. The molecule has 0 saturated carbocycles. The van der Waals surface area contributed by atoms with Crippen LogP contribution in [0.4, 0.5) is 18.9 Å². The highest BCUT2D eigenvalue weighted by molar-refractivity contribution is 5.96. The molecule has 0 saturated heterocycles. The van der Waals surface area contributed by atoms with Gasteiger partial charge in [0.15, 0.2) is 0 Å². The van der Waals surface area contributed by atoms with Gasteiger partial charge in [-0.05, 0) is 37.6 Å². The molecule has 0 bridgehead atoms. The van der Waals surface area contributed by atoms with Crippen LogP contribution in [0.2, 0.25) is 0 Å². The monoisotopic (exact) mass is 352 g/mol. The molecular formula is C17H19F3N4O. The normalized spacial score (nSPS) is 12.6. The molecule has 1 heterocycles. The predicted octanol–water partition coefficient (Wildman–Crippen LogP) is 3.55. The maximum Gasteiger partial charge on any atom is 0.416 e. The quantitative estimate of drug-likeness (QED) is 0.809. The number of aryl methyl sites for hydroxylation is 2. The number of alkyl halides is 3. The van der Waals surface area contributed by atoms with Gasteiger partial charge in [0.2, 0.25) is 0 Å². The van der Waals surface area contributed by atoms with Crippen molar-refractivity contribution in [2.75, 3.05) is 5.32 Å². The lowest BCUT2D eigenvalue weighted by Gasteiger charge is -2.16. The summed E-state index contributed by atoms with van der Waals surface area (Å²) >= 11 is 0. The van der Waals surface area contributed by atoms with Crippen LogP contribution in [0, 0.1) is 6.92 Å². The molecular weight excluding hydrogens is 333 g/mol. The van der Waals surface area contributed by atoms with E-state index in [2.05, 4.69) is 22.3 Å². The third-order valence-electron chi connectivity index (χ3n) is 3.69. The van der Waals surface area contributed by atoms with E-state index in [-0.39, 0.29) is 11.7 Å². The molecule has 0 spiro atoms. The second kappa shape index (κ2) is 7.00. The number of carbonyl (C=O) groups excluding carboxylic acids is 1. The average Bonchev–Trinajstić information content (AvgIpc) is 2.94. The smallest absolute Gasteiger partial charge is 0.351 e. The minimum absolute atomic E-state index is 0.0404. The molecule has 0 aliphatic rings. The first-order chi connectivity index (χ1) is 11.6. The Morgan fingerprint density at radius 1 is 1.36 bits per heavy atom. The molecule has 2 rings (SSSR count). The van der Waals surface area contributed by atoms with Crippen molar-refractivity contribution in [1.29, 1.82) is 0 Å². The minimum atomic E-state index is -4.41. The van der Waals surface area contributed by atoms with Crippen LogP contribution in [0.15, 0.2) is 42.9 Å². The van der Waals surface area contributed by atoms with Crippen molar-refractivity contribution < 1.29 is 18.0 Å². The maximum atomic E-state index is 12.7. The zero-order chi connectivity index (χ0) is 18.8. The molecule has 0 radical (unpaired) electrons. The van der Waals surface area contributed by atoms with E-state index in [0.29, 0.717) is 11.3 Å². The van der Waals surface area contributed by atoms with Crippen molar-refractivity contribution >= 4 is 11.6 Å². The summed E-state index contributed by atoms with van der Waals surface area (Å²) < 4.78 is 39.7. The topological polar surface area (TPSA) is 59.0 Å². The molecule has 1 aromatic carbocycles. The molecule has 2 N–H and O–H groups in total. The zero-order valence-electron chi connectivity index (χ0n) is 14.1. The molecule has 5 nitrogen and oxygen atoms in total. The third kappa shape index (κ3) is 4.62. The highest BCUT2D eigenvalue weighted by Crippen LogP contribution is 2.31. The van der Waals surface area contributed by atoms with E-state index in [1.54, 1.807) is 31.0 Å². The fourth-order valence-corrected chi connectivity index (χ4v) is 2.23. The van der Waals surface area contributed by atoms with Gasteiger partial charge in [-0.15, -0.1) is 0 Å². The van der Waals surface area contributed by atoms with E-state index < -0.39 is 17.6 Å². The summed E-state index contributed by atoms with van der Waals surface area (Å²) in [6.45, 7) is 6.97. The fraction of sp³-hybridized carbons (Fsp3) is 0.294. The highest BCUT2D eigenvalue weighted by atomic mass is 19.4. The maximum absolute atomic E-state index is 12.7. The summed E-state index contributed by atoms with van der Waals surface area (Å²) in [5, 5.41) is 9.54. The van der Waals surface area contributed by atoms with Gasteiger partial charge in [-0.1, -0.05) is 6.58 Å². The molecule has 0 aliphatic carbocycles. The molecule has 1 unspecified atom stereocenters. The van der Waals surface area contributed by atoms with Gasteiger partial charge in [0, 0.05) is 24.5 Å². The SMILES string of the molecule is C=C(Nc1ccc(C(F)(F)F)cc1C)C(=O)NC(C)c1cnn(C)c1. The average molecular weight is 352 g/mol. The van der Waals surface area contributed by atoms with Crippen LogP contribution in [0.1, 0.15) is 29.7 Å². The number of amides is 1. The fourth-order valence-electron chi connectivity index (χ4n) is 2.23. The van der Waals surface area contributed by atoms with Crippen molar-refractivity contribution in [2.45, 2.75) is 26.1 Å². The van der Waals surface area contributed by atoms with E-state index in [9.17, 15) is 18.0 Å². The Labute approximate surface area is 143 Å². The van der Waals surface area contributed by atoms with Gasteiger partial charge in [-0.25, -0.2) is 0 Å². The largest absolute Gasteiger partial charge is 0.416 e. The number of benzene rings is 1. The number of aromatic nitrogens is 2. The first-order valence-electron chi connectivity index (χ1n) is 7.51. The third-order valence-corrected chi connectivity index (χ3v) is 3.69. The molecule has 25 heavy (non-hydrogen) atoms. The summed E-state index contributed by atoms with van der Waals surface area (Å²) in [4.78, 5) is 12.2. The Morgan fingerprint density at radius 3 is 2.56 bits per heavy atom. The van der Waals surface area contributed by atoms with Gasteiger partial charge in [-0.2, -0.15) is 18.3 Å². The van der Waals surface area contributed by atoms with Gasteiger partial charge in [0.25, 0.3) is 5.91 Å². The van der Waals surface area contributed by atoms with E-state index in [0.717, 1.165) is 17.7 Å². The lowest BCUT2D eigenvalue weighted by Crippen LogP contribution is -2.30. The van der Waals surface area contributed by atoms with Crippen LogP contribution in [-0.4, -0.2) is 15.7 Å². The number of halogens is 3. The van der Waals surface area contributed by atoms with Gasteiger partial charge in [0.1, 0.15) is 0 Å². The van der Waals surface area contributed by atoms with Crippen LogP contribution in [0.5, 0.6) is 0 Å². The van der Waals surface area contributed by atoms with Crippen LogP contribution in [-0.2, 0) is 18.0 Å². The van der Waals surface area contributed by atoms with E-state index in [4.69, 9.17) is 0 Å². The molecule has 1 atom stereocenters. The Balaban J connectivity index is 2.02. The number of nitrogens with zero attached hydrogens (tertiary/aromatic N) is 2. The standard InChI is InChI=1S/C17H19F3N4O/c1-10-7-14(17(18,19)20)5-6-15(10)22-12(3)16(25)23-11(2)13-8-21-24(4)9-13/h5-9,11,22H,3H2,1-2,4H3,(H,23,25). The highest BCUT2D eigenvalue weighted by Gasteiger charge is 2.30. The molecule has 1 aromatic heterocycles. The minimum Gasteiger partial charge on any atom is -0.351 e. The van der Waals surface area contributed by atoms with Gasteiger partial charge < -0.3 is 10.6 Å². The van der Waals surface area contributed by atoms with Crippen molar-refractivity contribution in [3.63, 3.8) is 0 Å². The molecule has 0 fully saturated rings. The van der Waals surface area contributed by atoms with Crippen LogP contribution in [0.3, 0.4) is 0 Å². The molecule has 134 valence electrons. The lowest BCUT2D eigenvalue weighted by atomic mass is 10.1. The van der Waals surface area contributed by atoms with Crippen molar-refractivity contribution in [3.05, 3.63) is 59.6 Å². The number of rotatable bonds is 5. The van der Waals surface area contributed by atoms with Crippen molar-refractivity contribution in [1.82, 2.24) is 15.1 Å². The number of hydrogen-bond donors (Lipinski definition) is 2. The molecule has 2 aromatic rings. The second-order valence-electron chi connectivity index (χ2n) is 5.77. The summed E-state index contributed by atoms with van der Waals surface area (Å²) in [5.74, 6) is -0.448. The summed E-state index contributed by atoms with van der Waals surface area (Å²) in [5.41, 5.74) is 0.884. The Bertz CT molecular complexity index is 795. The summed E-state index contributed by atoms with van der Waals surface area (Å²) in [6.07, 6.45) is -0.987. The summed E-state index contributed by atoms with van der Waals surface area (Å²) in [7, 11) is 1.77. The summed E-state index contributed by atoms with van der Waals surface area (Å²) in [6, 6.07) is 2.97. The van der Waals surface area contributed by atoms with Gasteiger partial charge >= 0.3 is 6.18 Å². The van der Waals surface area contributed by atoms with Crippen molar-refractivity contribution in [2.24, 2.45) is 7.05 Å². The van der Waals surface area contributed by atoms with Gasteiger partial charge in [0.05, 0.1) is 23.5 Å². The van der Waals surface area contributed by atoms with E-state index in [1.807, 2.05) is 0 Å². The van der Waals surface area contributed by atoms with E-state index >= 15 is 0 Å². The molecule has 1 amide bonds. The number of carbonyl (C=O) groups is 1. The Morgan fingerprint density at radius 2 is 2.04 bits per heavy atom. The number of hydrogen-bond acceptors (Lipinski definition) is 3. The van der Waals surface area contributed by atoms with E-state index in [1.165, 1.54) is 13.0 Å². The molecule has 8 heteroatoms. The van der Waals surface area contributed by atoms with Gasteiger partial charge in [-0.3, -0.25) is 9.48 Å². The first-order valence-corrected chi connectivity index (χ1v) is 7.51. The number of anilines is 1. The Kier molecular flexibility index (Phi) is 5.20. The van der Waals surface area contributed by atoms with Crippen molar-refractivity contribution in [3.8, 4) is 0 Å². The second-order valence-corrected chi connectivity index (χ2v) is 5.77. The van der Waals surface area contributed by atoms with Crippen LogP contribution < -0.4 is 10.6 Å². The first kappa shape index (κ1) is 18.6. The van der Waals surface area contributed by atoms with Crippen LogP contribution >= 0.6 is 0 Å². The zero-order valence-corrected chi connectivity index (χ0v) is 14.1. The van der Waals surface area contributed by atoms with Crippen LogP contribution in [0.25, 0.3) is 0 Å². The predicted molar refractivity (Wildman–Crippen MR) is 88.7 cm³/mol. The molecule has 0 aliphatic heterocycles. The lowest BCUT2D eigenvalue weighted by molar-refractivity contribution is -0.137. The Hall–Kier alpha value is -2.77.